The molecule has 0 saturated carbocycles. The van der Waals surface area contributed by atoms with Crippen molar-refractivity contribution in [2.24, 2.45) is 0 Å². The molecule has 2 amide bonds. The maximum absolute atomic E-state index is 14.8. The smallest absolute Gasteiger partial charge is 0.323 e. The summed E-state index contributed by atoms with van der Waals surface area (Å²) in [7, 11) is 0. The first-order valence-electron chi connectivity index (χ1n) is 13.2. The molecule has 2 heterocycles. The van der Waals surface area contributed by atoms with Crippen LogP contribution in [-0.2, 0) is 4.74 Å². The third-order valence-electron chi connectivity index (χ3n) is 6.50. The van der Waals surface area contributed by atoms with E-state index in [0.717, 1.165) is 57.5 Å². The summed E-state index contributed by atoms with van der Waals surface area (Å²) in [6.07, 6.45) is 2.32. The Hall–Kier alpha value is -4.86. The van der Waals surface area contributed by atoms with E-state index in [-0.39, 0.29) is 17.1 Å². The number of nitriles is 1. The number of fused-ring (bicyclic) bond motifs is 1. The quantitative estimate of drug-likeness (QED) is 0.233. The molecule has 1 aliphatic rings. The second kappa shape index (κ2) is 13.2. The zero-order chi connectivity index (χ0) is 29.5. The van der Waals surface area contributed by atoms with Crippen LogP contribution < -0.4 is 20.1 Å². The number of aromatic nitrogens is 1. The molecule has 1 aliphatic heterocycles. The molecule has 1 aromatic heterocycles. The highest BCUT2D eigenvalue weighted by Crippen LogP contribution is 2.34. The maximum atomic E-state index is 14.8. The highest BCUT2D eigenvalue weighted by Gasteiger charge is 2.15. The zero-order valence-corrected chi connectivity index (χ0v) is 22.3. The Kier molecular flexibility index (Phi) is 9.01. The summed E-state index contributed by atoms with van der Waals surface area (Å²) in [4.78, 5) is 18.9. The van der Waals surface area contributed by atoms with Gasteiger partial charge in [0.1, 0.15) is 40.8 Å². The predicted molar refractivity (Wildman–Crippen MR) is 149 cm³/mol. The third kappa shape index (κ3) is 7.06. The van der Waals surface area contributed by atoms with Crippen molar-refractivity contribution in [3.63, 3.8) is 0 Å². The van der Waals surface area contributed by atoms with Crippen LogP contribution in [0.3, 0.4) is 0 Å². The van der Waals surface area contributed by atoms with E-state index in [2.05, 4.69) is 26.6 Å². The summed E-state index contributed by atoms with van der Waals surface area (Å²) >= 11 is 0. The minimum absolute atomic E-state index is 0.123. The van der Waals surface area contributed by atoms with Crippen molar-refractivity contribution in [1.82, 2.24) is 9.88 Å². The number of carbonyl (C=O) groups is 1. The van der Waals surface area contributed by atoms with Crippen LogP contribution in [0.25, 0.3) is 10.9 Å². The number of hydrogen-bond acceptors (Lipinski definition) is 7. The van der Waals surface area contributed by atoms with E-state index in [9.17, 15) is 23.2 Å². The number of pyridine rings is 1. The van der Waals surface area contributed by atoms with Crippen molar-refractivity contribution in [1.29, 1.82) is 5.26 Å². The lowest BCUT2D eigenvalue weighted by molar-refractivity contribution is 0.0358. The number of ether oxygens (including phenoxy) is 3. The van der Waals surface area contributed by atoms with Crippen LogP contribution in [0.2, 0.25) is 0 Å². The summed E-state index contributed by atoms with van der Waals surface area (Å²) < 4.78 is 58.8. The van der Waals surface area contributed by atoms with Gasteiger partial charge in [-0.05, 0) is 42.8 Å². The Labute approximate surface area is 239 Å². The minimum Gasteiger partial charge on any atom is -0.492 e. The molecule has 0 aliphatic carbocycles. The molecular weight excluding hydrogens is 551 g/mol. The fourth-order valence-corrected chi connectivity index (χ4v) is 4.39. The van der Waals surface area contributed by atoms with Crippen LogP contribution in [0.1, 0.15) is 12.0 Å². The molecule has 3 aromatic carbocycles. The van der Waals surface area contributed by atoms with Crippen molar-refractivity contribution in [2.45, 2.75) is 6.42 Å². The number of halogens is 3. The molecular formula is C30H26F3N5O4. The van der Waals surface area contributed by atoms with Crippen molar-refractivity contribution < 1.29 is 32.2 Å². The van der Waals surface area contributed by atoms with Crippen molar-refractivity contribution >= 4 is 28.3 Å². The predicted octanol–water partition coefficient (Wildman–Crippen LogP) is 6.06. The average molecular weight is 578 g/mol. The first-order chi connectivity index (χ1) is 20.4. The second-order valence-electron chi connectivity index (χ2n) is 9.39. The lowest BCUT2D eigenvalue weighted by Crippen LogP contribution is -2.37. The molecule has 42 heavy (non-hydrogen) atoms. The Morgan fingerprint density at radius 1 is 0.976 bits per heavy atom. The van der Waals surface area contributed by atoms with Crippen molar-refractivity contribution in [3.8, 4) is 23.3 Å². The molecule has 4 aromatic rings. The summed E-state index contributed by atoms with van der Waals surface area (Å²) in [5.41, 5.74) is 0.375. The van der Waals surface area contributed by atoms with Gasteiger partial charge in [0.05, 0.1) is 42.3 Å². The number of nitrogens with one attached hydrogen (secondary N) is 2. The Balaban J connectivity index is 1.24. The number of benzene rings is 3. The third-order valence-corrected chi connectivity index (χ3v) is 6.50. The van der Waals surface area contributed by atoms with Crippen LogP contribution in [0.4, 0.5) is 29.3 Å². The molecule has 0 atom stereocenters. The molecule has 0 bridgehead atoms. The molecule has 1 saturated heterocycles. The van der Waals surface area contributed by atoms with E-state index in [1.807, 2.05) is 0 Å². The van der Waals surface area contributed by atoms with Crippen molar-refractivity contribution in [3.05, 3.63) is 83.8 Å². The first kappa shape index (κ1) is 28.7. The van der Waals surface area contributed by atoms with Gasteiger partial charge < -0.3 is 24.8 Å². The van der Waals surface area contributed by atoms with Gasteiger partial charge in [-0.3, -0.25) is 9.88 Å². The Bertz CT molecular complexity index is 1640. The molecule has 12 heteroatoms. The monoisotopic (exact) mass is 577 g/mol. The summed E-state index contributed by atoms with van der Waals surface area (Å²) in [6, 6.07) is 12.5. The van der Waals surface area contributed by atoms with E-state index in [4.69, 9.17) is 14.2 Å². The van der Waals surface area contributed by atoms with Crippen LogP contribution in [0.15, 0.2) is 60.8 Å². The number of anilines is 2. The fourth-order valence-electron chi connectivity index (χ4n) is 4.39. The topological polar surface area (TPSA) is 109 Å². The highest BCUT2D eigenvalue weighted by atomic mass is 19.1. The summed E-state index contributed by atoms with van der Waals surface area (Å²) in [5, 5.41) is 14.7. The lowest BCUT2D eigenvalue weighted by Gasteiger charge is -2.26. The molecule has 5 rings (SSSR count). The fraction of sp³-hybridized carbons (Fsp3) is 0.233. The maximum Gasteiger partial charge on any atom is 0.323 e. The molecule has 0 radical (unpaired) electrons. The number of urea groups is 1. The molecule has 1 fully saturated rings. The van der Waals surface area contributed by atoms with Gasteiger partial charge >= 0.3 is 6.03 Å². The van der Waals surface area contributed by atoms with E-state index in [1.54, 1.807) is 18.2 Å². The van der Waals surface area contributed by atoms with E-state index >= 15 is 0 Å². The minimum atomic E-state index is -0.971. The number of carbonyl (C=O) groups excluding carboxylic acids is 1. The number of amides is 2. The highest BCUT2D eigenvalue weighted by molar-refractivity contribution is 6.00. The van der Waals surface area contributed by atoms with Gasteiger partial charge in [-0.1, -0.05) is 0 Å². The zero-order valence-electron chi connectivity index (χ0n) is 22.3. The van der Waals surface area contributed by atoms with Gasteiger partial charge in [0, 0.05) is 49.4 Å². The van der Waals surface area contributed by atoms with Gasteiger partial charge in [0.25, 0.3) is 0 Å². The van der Waals surface area contributed by atoms with E-state index < -0.39 is 23.5 Å². The number of morpholine rings is 1. The molecule has 216 valence electrons. The van der Waals surface area contributed by atoms with E-state index in [1.165, 1.54) is 18.3 Å². The number of nitrogens with zero attached hydrogens (tertiary/aromatic N) is 3. The van der Waals surface area contributed by atoms with Crippen molar-refractivity contribution in [2.75, 3.05) is 50.1 Å². The second-order valence-corrected chi connectivity index (χ2v) is 9.39. The van der Waals surface area contributed by atoms with Gasteiger partial charge in [-0.2, -0.15) is 5.26 Å². The Morgan fingerprint density at radius 3 is 2.43 bits per heavy atom. The van der Waals surface area contributed by atoms with Crippen LogP contribution >= 0.6 is 0 Å². The SMILES string of the molecule is N#Cc1cc2c(Oc3ccc(NC(=O)Nc4ccc(F)cc4F)c(F)c3)ccnc2cc1OCCCN1CCOCC1. The van der Waals surface area contributed by atoms with Gasteiger partial charge in [0.15, 0.2) is 0 Å². The van der Waals surface area contributed by atoms with Gasteiger partial charge in [0.2, 0.25) is 0 Å². The van der Waals surface area contributed by atoms with Crippen LogP contribution in [0, 0.1) is 28.8 Å². The Morgan fingerprint density at radius 2 is 1.71 bits per heavy atom. The molecule has 0 unspecified atom stereocenters. The van der Waals surface area contributed by atoms with Crippen LogP contribution in [0.5, 0.6) is 17.2 Å². The lowest BCUT2D eigenvalue weighted by atomic mass is 10.1. The normalized spacial score (nSPS) is 13.4. The molecule has 0 spiro atoms. The summed E-state index contributed by atoms with van der Waals surface area (Å²) in [6.45, 7) is 4.55. The first-order valence-corrected chi connectivity index (χ1v) is 13.2. The molecule has 9 nitrogen and oxygen atoms in total. The number of rotatable bonds is 9. The largest absolute Gasteiger partial charge is 0.492 e. The molecule has 2 N–H and O–H groups in total. The van der Waals surface area contributed by atoms with Crippen LogP contribution in [-0.4, -0.2) is 55.4 Å². The van der Waals surface area contributed by atoms with E-state index in [0.29, 0.717) is 40.6 Å². The summed E-state index contributed by atoms with van der Waals surface area (Å²) in [5.74, 6) is -1.71. The van der Waals surface area contributed by atoms with Gasteiger partial charge in [-0.15, -0.1) is 0 Å². The van der Waals surface area contributed by atoms with Gasteiger partial charge in [-0.25, -0.2) is 18.0 Å². The number of hydrogen-bond donors (Lipinski definition) is 2. The average Bonchev–Trinajstić information content (AvgIpc) is 2.98. The standard InChI is InChI=1S/C30H26F3N5O4/c31-20-2-4-25(23(32)15-20)36-30(39)37-26-5-3-21(16-24(26)33)42-28-6-7-35-27-17-29(19(18-34)14-22(27)28)41-11-1-8-38-9-12-40-13-10-38/h2-7,14-17H,1,8-13H2,(H2,36,37,39).